The first-order valence-corrected chi connectivity index (χ1v) is 8.78. The van der Waals surface area contributed by atoms with E-state index in [9.17, 15) is 9.59 Å². The van der Waals surface area contributed by atoms with Gasteiger partial charge in [-0.2, -0.15) is 0 Å². The van der Waals surface area contributed by atoms with E-state index in [1.807, 2.05) is 37.3 Å². The lowest BCUT2D eigenvalue weighted by atomic mass is 9.84. The van der Waals surface area contributed by atoms with Crippen molar-refractivity contribution in [3.63, 3.8) is 0 Å². The Morgan fingerprint density at radius 3 is 2.58 bits per heavy atom. The van der Waals surface area contributed by atoms with Gasteiger partial charge in [0.05, 0.1) is 6.04 Å². The van der Waals surface area contributed by atoms with E-state index in [2.05, 4.69) is 11.9 Å². The molecule has 1 aromatic carbocycles. The second-order valence-electron chi connectivity index (χ2n) is 7.06. The average molecular weight is 330 g/mol. The van der Waals surface area contributed by atoms with Gasteiger partial charge < -0.3 is 9.64 Å². The van der Waals surface area contributed by atoms with Crippen molar-refractivity contribution in [3.8, 4) is 0 Å². The summed E-state index contributed by atoms with van der Waals surface area (Å²) in [5.41, 5.74) is 1.12. The number of imide groups is 1. The van der Waals surface area contributed by atoms with Crippen molar-refractivity contribution in [1.29, 1.82) is 0 Å². The molecule has 2 amide bonds. The van der Waals surface area contributed by atoms with Gasteiger partial charge in [-0.05, 0) is 50.9 Å². The molecule has 1 aromatic rings. The summed E-state index contributed by atoms with van der Waals surface area (Å²) >= 11 is 0. The highest BCUT2D eigenvalue weighted by Crippen LogP contribution is 2.28. The molecule has 0 saturated carbocycles. The van der Waals surface area contributed by atoms with Crippen LogP contribution in [-0.2, 0) is 16.0 Å². The van der Waals surface area contributed by atoms with E-state index in [-0.39, 0.29) is 17.9 Å². The number of cyclic esters (lactones) is 1. The van der Waals surface area contributed by atoms with E-state index in [0.717, 1.165) is 31.5 Å². The van der Waals surface area contributed by atoms with E-state index in [1.54, 1.807) is 0 Å². The quantitative estimate of drug-likeness (QED) is 0.851. The van der Waals surface area contributed by atoms with Crippen LogP contribution in [0.25, 0.3) is 0 Å². The molecule has 2 unspecified atom stereocenters. The van der Waals surface area contributed by atoms with Crippen molar-refractivity contribution >= 4 is 12.0 Å². The highest BCUT2D eigenvalue weighted by Gasteiger charge is 2.41. The fourth-order valence-corrected chi connectivity index (χ4v) is 3.72. The van der Waals surface area contributed by atoms with Gasteiger partial charge >= 0.3 is 6.09 Å². The molecule has 2 atom stereocenters. The Hall–Kier alpha value is -1.88. The zero-order chi connectivity index (χ0) is 17.1. The molecule has 2 fully saturated rings. The lowest BCUT2D eigenvalue weighted by Crippen LogP contribution is -2.46. The van der Waals surface area contributed by atoms with Gasteiger partial charge in [0.1, 0.15) is 6.61 Å². The molecule has 3 rings (SSSR count). The number of carbonyl (C=O) groups excluding carboxylic acids is 2. The van der Waals surface area contributed by atoms with Crippen LogP contribution in [0, 0.1) is 11.8 Å². The lowest BCUT2D eigenvalue weighted by Gasteiger charge is -2.33. The highest BCUT2D eigenvalue weighted by atomic mass is 16.6. The molecule has 5 nitrogen and oxygen atoms in total. The predicted molar refractivity (Wildman–Crippen MR) is 91.5 cm³/mol. The maximum Gasteiger partial charge on any atom is 0.416 e. The smallest absolute Gasteiger partial charge is 0.416 e. The normalized spacial score (nSPS) is 24.0. The molecule has 2 heterocycles. The molecule has 2 saturated heterocycles. The number of ether oxygens (including phenoxy) is 1. The van der Waals surface area contributed by atoms with E-state index in [0.29, 0.717) is 18.9 Å². The third-order valence-corrected chi connectivity index (χ3v) is 5.37. The summed E-state index contributed by atoms with van der Waals surface area (Å²) < 4.78 is 5.18. The molecule has 0 radical (unpaired) electrons. The molecule has 0 N–H and O–H groups in total. The first kappa shape index (κ1) is 17.0. The summed E-state index contributed by atoms with van der Waals surface area (Å²) in [4.78, 5) is 28.7. The number of nitrogens with zero attached hydrogens (tertiary/aromatic N) is 2. The summed E-state index contributed by atoms with van der Waals surface area (Å²) in [6.07, 6.45) is 2.18. The van der Waals surface area contributed by atoms with Crippen LogP contribution in [0.4, 0.5) is 4.79 Å². The fraction of sp³-hybridized carbons (Fsp3) is 0.579. The average Bonchev–Trinajstić information content (AvgIpc) is 2.95. The minimum atomic E-state index is -0.485. The summed E-state index contributed by atoms with van der Waals surface area (Å²) in [6.45, 7) is 4.28. The van der Waals surface area contributed by atoms with Crippen molar-refractivity contribution in [3.05, 3.63) is 35.9 Å². The molecular formula is C19H26N2O3. The molecule has 2 aliphatic heterocycles. The topological polar surface area (TPSA) is 49.9 Å². The minimum Gasteiger partial charge on any atom is -0.447 e. The first-order chi connectivity index (χ1) is 11.6. The Morgan fingerprint density at radius 1 is 1.25 bits per heavy atom. The molecule has 24 heavy (non-hydrogen) atoms. The highest BCUT2D eigenvalue weighted by molar-refractivity contribution is 5.94. The maximum absolute atomic E-state index is 12.9. The number of piperidine rings is 1. The van der Waals surface area contributed by atoms with E-state index < -0.39 is 6.09 Å². The Labute approximate surface area is 143 Å². The zero-order valence-corrected chi connectivity index (χ0v) is 14.5. The Kier molecular flexibility index (Phi) is 5.19. The van der Waals surface area contributed by atoms with Gasteiger partial charge in [0, 0.05) is 5.92 Å². The maximum atomic E-state index is 12.9. The van der Waals surface area contributed by atoms with Crippen LogP contribution in [0.15, 0.2) is 30.3 Å². The third-order valence-electron chi connectivity index (χ3n) is 5.37. The molecule has 0 aromatic heterocycles. The molecule has 0 spiro atoms. The van der Waals surface area contributed by atoms with E-state index in [1.165, 1.54) is 4.90 Å². The van der Waals surface area contributed by atoms with Gasteiger partial charge in [0.15, 0.2) is 0 Å². The predicted octanol–water partition coefficient (Wildman–Crippen LogP) is 2.55. The van der Waals surface area contributed by atoms with E-state index >= 15 is 0 Å². The second kappa shape index (κ2) is 7.34. The van der Waals surface area contributed by atoms with Gasteiger partial charge in [-0.1, -0.05) is 37.3 Å². The Morgan fingerprint density at radius 2 is 1.92 bits per heavy atom. The third kappa shape index (κ3) is 3.61. The molecule has 0 bridgehead atoms. The molecule has 0 aliphatic carbocycles. The molecular weight excluding hydrogens is 304 g/mol. The largest absolute Gasteiger partial charge is 0.447 e. The molecule has 130 valence electrons. The Balaban J connectivity index is 1.68. The monoisotopic (exact) mass is 330 g/mol. The number of carbonyl (C=O) groups is 2. The number of hydrogen-bond acceptors (Lipinski definition) is 4. The van der Waals surface area contributed by atoms with Crippen LogP contribution in [-0.4, -0.2) is 54.6 Å². The second-order valence-corrected chi connectivity index (χ2v) is 7.06. The zero-order valence-electron chi connectivity index (χ0n) is 14.5. The van der Waals surface area contributed by atoms with Crippen LogP contribution < -0.4 is 0 Å². The van der Waals surface area contributed by atoms with Crippen LogP contribution in [0.1, 0.15) is 25.3 Å². The van der Waals surface area contributed by atoms with Gasteiger partial charge in [-0.25, -0.2) is 9.69 Å². The summed E-state index contributed by atoms with van der Waals surface area (Å²) in [5, 5.41) is 0. The number of rotatable bonds is 4. The van der Waals surface area contributed by atoms with Gasteiger partial charge in [-0.3, -0.25) is 4.79 Å². The Bertz CT molecular complexity index is 582. The van der Waals surface area contributed by atoms with Crippen molar-refractivity contribution in [1.82, 2.24) is 9.80 Å². The van der Waals surface area contributed by atoms with Crippen LogP contribution in [0.3, 0.4) is 0 Å². The van der Waals surface area contributed by atoms with Gasteiger partial charge in [0.2, 0.25) is 5.91 Å². The summed E-state index contributed by atoms with van der Waals surface area (Å²) in [5.74, 6) is 0.134. The molecule has 5 heteroatoms. The lowest BCUT2D eigenvalue weighted by molar-refractivity contribution is -0.135. The van der Waals surface area contributed by atoms with Crippen molar-refractivity contribution in [2.75, 3.05) is 26.7 Å². The van der Waals surface area contributed by atoms with Crippen LogP contribution in [0.2, 0.25) is 0 Å². The molecule has 2 aliphatic rings. The SMILES string of the molecule is CC(C(=O)N1C(=O)OCC1Cc1ccccc1)C1CCN(C)CC1. The fourth-order valence-electron chi connectivity index (χ4n) is 3.72. The van der Waals surface area contributed by atoms with Gasteiger partial charge in [0.25, 0.3) is 0 Å². The summed E-state index contributed by atoms with van der Waals surface area (Å²) in [6, 6.07) is 9.75. The van der Waals surface area contributed by atoms with Crippen molar-refractivity contribution in [2.45, 2.75) is 32.2 Å². The van der Waals surface area contributed by atoms with E-state index in [4.69, 9.17) is 4.74 Å². The van der Waals surface area contributed by atoms with Crippen LogP contribution >= 0.6 is 0 Å². The number of hydrogen-bond donors (Lipinski definition) is 0. The number of benzene rings is 1. The van der Waals surface area contributed by atoms with Crippen molar-refractivity contribution < 1.29 is 14.3 Å². The van der Waals surface area contributed by atoms with Crippen LogP contribution in [0.5, 0.6) is 0 Å². The standard InChI is InChI=1S/C19H26N2O3/c1-14(16-8-10-20(2)11-9-16)18(22)21-17(13-24-19(21)23)12-15-6-4-3-5-7-15/h3-7,14,16-17H,8-13H2,1-2H3. The first-order valence-electron chi connectivity index (χ1n) is 8.78. The number of likely N-dealkylation sites (tertiary alicyclic amines) is 1. The van der Waals surface area contributed by atoms with Crippen molar-refractivity contribution in [2.24, 2.45) is 11.8 Å². The van der Waals surface area contributed by atoms with Gasteiger partial charge in [-0.15, -0.1) is 0 Å². The minimum absolute atomic E-state index is 0.0759. The summed E-state index contributed by atoms with van der Waals surface area (Å²) in [7, 11) is 2.11. The number of amides is 2.